The van der Waals surface area contributed by atoms with Crippen LogP contribution in [0.25, 0.3) is 10.9 Å². The molecule has 2 amide bonds. The molecule has 2 heterocycles. The van der Waals surface area contributed by atoms with Gasteiger partial charge < -0.3 is 16.5 Å². The summed E-state index contributed by atoms with van der Waals surface area (Å²) >= 11 is 0. The molecule has 1 fully saturated rings. The van der Waals surface area contributed by atoms with Crippen LogP contribution in [0, 0.1) is 0 Å². The maximum absolute atomic E-state index is 12.3. The summed E-state index contributed by atoms with van der Waals surface area (Å²) in [5.74, 6) is -0.870. The Balaban J connectivity index is 1.95. The van der Waals surface area contributed by atoms with Crippen LogP contribution in [0.3, 0.4) is 0 Å². The molecule has 5 N–H and O–H groups in total. The first-order chi connectivity index (χ1) is 13.0. The molecule has 27 heavy (non-hydrogen) atoms. The average molecular weight is 362 g/mol. The van der Waals surface area contributed by atoms with E-state index in [2.05, 4.69) is 9.97 Å². The Morgan fingerprint density at radius 2 is 1.96 bits per heavy atom. The van der Waals surface area contributed by atoms with Gasteiger partial charge in [-0.3, -0.25) is 9.59 Å². The highest BCUT2D eigenvalue weighted by Gasteiger charge is 2.34. The topological polar surface area (TPSA) is 115 Å². The van der Waals surface area contributed by atoms with Crippen molar-refractivity contribution >= 4 is 22.7 Å². The Bertz CT molecular complexity index is 1060. The molecule has 3 aromatic rings. The van der Waals surface area contributed by atoms with Crippen molar-refractivity contribution < 1.29 is 9.59 Å². The lowest BCUT2D eigenvalue weighted by atomic mass is 9.90. The van der Waals surface area contributed by atoms with Crippen molar-refractivity contribution in [3.8, 4) is 0 Å². The van der Waals surface area contributed by atoms with E-state index in [0.29, 0.717) is 24.0 Å². The molecule has 0 atom stereocenters. The minimum absolute atomic E-state index is 0.159. The molecule has 0 radical (unpaired) electrons. The molecule has 0 bridgehead atoms. The van der Waals surface area contributed by atoms with Crippen LogP contribution in [-0.4, -0.2) is 21.8 Å². The normalized spacial score (nSPS) is 13.8. The monoisotopic (exact) mass is 362 g/mol. The zero-order valence-corrected chi connectivity index (χ0v) is 15.2. The summed E-state index contributed by atoms with van der Waals surface area (Å²) in [6, 6.07) is 8.05. The van der Waals surface area contributed by atoms with E-state index in [4.69, 9.17) is 11.5 Å². The minimum atomic E-state index is -0.627. The van der Waals surface area contributed by atoms with E-state index in [1.807, 2.05) is 37.4 Å². The van der Waals surface area contributed by atoms with Gasteiger partial charge in [-0.05, 0) is 54.0 Å². The third kappa shape index (κ3) is 2.97. The number of aromatic nitrogens is 2. The second-order valence-corrected chi connectivity index (χ2v) is 7.06. The molecular formula is C21H22N4O2. The van der Waals surface area contributed by atoms with E-state index >= 15 is 0 Å². The molecule has 1 aliphatic carbocycles. The Labute approximate surface area is 157 Å². The molecular weight excluding hydrogens is 340 g/mol. The molecule has 2 aromatic heterocycles. The Kier molecular flexibility index (Phi) is 4.18. The number of hydrogen-bond acceptors (Lipinski definition) is 3. The van der Waals surface area contributed by atoms with E-state index in [1.54, 1.807) is 0 Å². The number of pyridine rings is 1. The summed E-state index contributed by atoms with van der Waals surface area (Å²) in [7, 11) is 0. The lowest BCUT2D eigenvalue weighted by Gasteiger charge is -2.18. The number of fused-ring (bicyclic) bond motifs is 1. The van der Waals surface area contributed by atoms with Crippen molar-refractivity contribution in [2.75, 3.05) is 0 Å². The van der Waals surface area contributed by atoms with E-state index in [1.165, 1.54) is 0 Å². The molecule has 0 spiro atoms. The van der Waals surface area contributed by atoms with Crippen molar-refractivity contribution in [2.45, 2.75) is 38.5 Å². The van der Waals surface area contributed by atoms with Gasteiger partial charge in [0, 0.05) is 34.8 Å². The van der Waals surface area contributed by atoms with Gasteiger partial charge in [-0.1, -0.05) is 19.1 Å². The molecule has 0 unspecified atom stereocenters. The van der Waals surface area contributed by atoms with Gasteiger partial charge in [-0.2, -0.15) is 0 Å². The number of nitrogens with zero attached hydrogens (tertiary/aromatic N) is 1. The fraction of sp³-hybridized carbons (Fsp3) is 0.286. The Morgan fingerprint density at radius 1 is 1.19 bits per heavy atom. The van der Waals surface area contributed by atoms with Crippen LogP contribution < -0.4 is 11.5 Å². The van der Waals surface area contributed by atoms with Gasteiger partial charge in [0.25, 0.3) is 5.91 Å². The van der Waals surface area contributed by atoms with Crippen LogP contribution in [0.4, 0.5) is 0 Å². The largest absolute Gasteiger partial charge is 0.366 e. The van der Waals surface area contributed by atoms with Gasteiger partial charge >= 0.3 is 0 Å². The zero-order chi connectivity index (χ0) is 19.1. The zero-order valence-electron chi connectivity index (χ0n) is 15.2. The van der Waals surface area contributed by atoms with Gasteiger partial charge in [-0.15, -0.1) is 0 Å². The molecule has 6 nitrogen and oxygen atoms in total. The molecule has 1 aromatic carbocycles. The number of nitrogens with two attached hydrogens (primary N) is 2. The quantitative estimate of drug-likeness (QED) is 0.626. The predicted octanol–water partition coefficient (Wildman–Crippen LogP) is 2.79. The number of aromatic amines is 1. The lowest BCUT2D eigenvalue weighted by Crippen LogP contribution is -2.25. The number of primary amides is 2. The van der Waals surface area contributed by atoms with Gasteiger partial charge in [0.05, 0.1) is 0 Å². The number of H-pyrrole nitrogens is 1. The molecule has 4 rings (SSSR count). The van der Waals surface area contributed by atoms with Crippen molar-refractivity contribution in [3.63, 3.8) is 0 Å². The summed E-state index contributed by atoms with van der Waals surface area (Å²) in [6.07, 6.45) is 4.90. The smallest absolute Gasteiger partial charge is 0.267 e. The maximum Gasteiger partial charge on any atom is 0.267 e. The molecule has 6 heteroatoms. The lowest BCUT2D eigenvalue weighted by molar-refractivity contribution is 0.0994. The van der Waals surface area contributed by atoms with Crippen LogP contribution in [0.1, 0.15) is 68.9 Å². The van der Waals surface area contributed by atoms with Crippen molar-refractivity contribution in [2.24, 2.45) is 11.5 Å². The number of nitrogens with one attached hydrogen (secondary N) is 1. The second-order valence-electron chi connectivity index (χ2n) is 7.06. The number of carbonyl (C=O) groups excluding carboxylic acids is 2. The number of carbonyl (C=O) groups is 2. The highest BCUT2D eigenvalue weighted by molar-refractivity contribution is 6.01. The Hall–Kier alpha value is -3.15. The van der Waals surface area contributed by atoms with E-state index in [0.717, 1.165) is 40.6 Å². The highest BCUT2D eigenvalue weighted by atomic mass is 16.1. The van der Waals surface area contributed by atoms with Gasteiger partial charge in [-0.25, -0.2) is 4.98 Å². The number of hydrogen-bond donors (Lipinski definition) is 3. The average Bonchev–Trinajstić information content (AvgIpc) is 3.36. The van der Waals surface area contributed by atoms with Crippen LogP contribution in [0.2, 0.25) is 0 Å². The minimum Gasteiger partial charge on any atom is -0.366 e. The van der Waals surface area contributed by atoms with Crippen LogP contribution in [-0.2, 0) is 12.8 Å². The van der Waals surface area contributed by atoms with Crippen LogP contribution in [0.5, 0.6) is 0 Å². The Morgan fingerprint density at radius 3 is 2.59 bits per heavy atom. The summed E-state index contributed by atoms with van der Waals surface area (Å²) < 4.78 is 0. The van der Waals surface area contributed by atoms with Crippen molar-refractivity contribution in [1.29, 1.82) is 0 Å². The molecule has 1 aliphatic rings. The first kappa shape index (κ1) is 17.3. The maximum atomic E-state index is 12.3. The third-order valence-electron chi connectivity index (χ3n) is 5.28. The summed E-state index contributed by atoms with van der Waals surface area (Å²) in [6.45, 7) is 1.88. The summed E-state index contributed by atoms with van der Waals surface area (Å²) in [4.78, 5) is 32.2. The van der Waals surface area contributed by atoms with Gasteiger partial charge in [0.1, 0.15) is 5.69 Å². The molecule has 1 saturated carbocycles. The standard InChI is InChI=1S/C21H22N4O2/c1-2-13-18(20(22)26)17(11-6-7-11)16(25-19(13)21(23)27)10-12-4-3-5-15-14(12)8-9-24-15/h3-5,8-9,11,24H,2,6-7,10H2,1H3,(H2,22,26)(H2,23,27). The number of rotatable bonds is 6. The predicted molar refractivity (Wildman–Crippen MR) is 104 cm³/mol. The fourth-order valence-electron chi connectivity index (χ4n) is 3.95. The van der Waals surface area contributed by atoms with Gasteiger partial charge in [0.15, 0.2) is 0 Å². The van der Waals surface area contributed by atoms with E-state index in [-0.39, 0.29) is 11.6 Å². The second kappa shape index (κ2) is 6.54. The summed E-state index contributed by atoms with van der Waals surface area (Å²) in [5, 5.41) is 1.10. The first-order valence-corrected chi connectivity index (χ1v) is 9.21. The van der Waals surface area contributed by atoms with Crippen LogP contribution in [0.15, 0.2) is 30.5 Å². The SMILES string of the molecule is CCc1c(C(N)=O)nc(Cc2cccc3[nH]ccc23)c(C2CC2)c1C(N)=O. The number of amides is 2. The fourth-order valence-corrected chi connectivity index (χ4v) is 3.95. The highest BCUT2D eigenvalue weighted by Crippen LogP contribution is 2.44. The number of benzene rings is 1. The molecule has 0 saturated heterocycles. The third-order valence-corrected chi connectivity index (χ3v) is 5.28. The van der Waals surface area contributed by atoms with Crippen molar-refractivity contribution in [3.05, 3.63) is 64.1 Å². The summed E-state index contributed by atoms with van der Waals surface area (Å²) in [5.41, 5.74) is 16.2. The van der Waals surface area contributed by atoms with Crippen LogP contribution >= 0.6 is 0 Å². The molecule has 138 valence electrons. The van der Waals surface area contributed by atoms with E-state index in [9.17, 15) is 9.59 Å². The van der Waals surface area contributed by atoms with Gasteiger partial charge in [0.2, 0.25) is 5.91 Å². The molecule has 0 aliphatic heterocycles. The first-order valence-electron chi connectivity index (χ1n) is 9.21. The van der Waals surface area contributed by atoms with Crippen molar-refractivity contribution in [1.82, 2.24) is 9.97 Å². The van der Waals surface area contributed by atoms with E-state index < -0.39 is 11.8 Å².